The molecule has 0 radical (unpaired) electrons. The topological polar surface area (TPSA) is 0 Å². The molecule has 0 saturated heterocycles. The van der Waals surface area contributed by atoms with Crippen LogP contribution in [0.3, 0.4) is 0 Å². The van der Waals surface area contributed by atoms with E-state index in [0.29, 0.717) is 0 Å². The molecule has 14 heavy (non-hydrogen) atoms. The van der Waals surface area contributed by atoms with Gasteiger partial charge in [0.05, 0.1) is 0 Å². The van der Waals surface area contributed by atoms with Gasteiger partial charge in [-0.1, -0.05) is 37.6 Å². The van der Waals surface area contributed by atoms with Crippen LogP contribution in [0.15, 0.2) is 24.3 Å². The Bertz CT molecular complexity index is 236. The van der Waals surface area contributed by atoms with Gasteiger partial charge in [-0.15, -0.1) is 0 Å². The molecule has 0 spiro atoms. The summed E-state index contributed by atoms with van der Waals surface area (Å²) in [6.07, 6.45) is 15.1. The first-order valence-corrected chi connectivity index (χ1v) is 6.14. The summed E-state index contributed by atoms with van der Waals surface area (Å²) in [5.74, 6) is 3.79. The average Bonchev–Trinajstić information content (AvgIpc) is 2.80. The normalized spacial score (nSPS) is 37.1. The van der Waals surface area contributed by atoms with E-state index in [1.807, 2.05) is 0 Å². The monoisotopic (exact) mass is 190 g/mol. The predicted molar refractivity (Wildman–Crippen MR) is 62.1 cm³/mol. The predicted octanol–water partition coefficient (Wildman–Crippen LogP) is 4.19. The van der Waals surface area contributed by atoms with Crippen molar-refractivity contribution in [2.24, 2.45) is 23.7 Å². The van der Waals surface area contributed by atoms with E-state index in [1.165, 1.54) is 25.7 Å². The highest BCUT2D eigenvalue weighted by atomic mass is 14.4. The molecule has 0 N–H and O–H groups in total. The zero-order chi connectivity index (χ0) is 9.97. The van der Waals surface area contributed by atoms with Gasteiger partial charge in [0, 0.05) is 0 Å². The van der Waals surface area contributed by atoms with Gasteiger partial charge in [0.15, 0.2) is 0 Å². The summed E-state index contributed by atoms with van der Waals surface area (Å²) in [5, 5.41) is 0. The zero-order valence-electron chi connectivity index (χ0n) is 9.45. The minimum atomic E-state index is 0.926. The summed E-state index contributed by atoms with van der Waals surface area (Å²) in [7, 11) is 0. The van der Waals surface area contributed by atoms with E-state index >= 15 is 0 Å². The van der Waals surface area contributed by atoms with Gasteiger partial charge >= 0.3 is 0 Å². The van der Waals surface area contributed by atoms with E-state index in [2.05, 4.69) is 38.2 Å². The standard InChI is InChI=1S/C14H22/c1-3-5-6-12(4-2)14-10-11-7-8-13(14)9-11/h3,5,7-8,11-14H,4,6,9-10H2,1-2H3/b5-3-. The Morgan fingerprint density at radius 3 is 2.71 bits per heavy atom. The number of allylic oxidation sites excluding steroid dienone is 4. The second-order valence-electron chi connectivity index (χ2n) is 4.92. The van der Waals surface area contributed by atoms with Gasteiger partial charge in [0.1, 0.15) is 0 Å². The summed E-state index contributed by atoms with van der Waals surface area (Å²) in [6.45, 7) is 4.48. The van der Waals surface area contributed by atoms with Gasteiger partial charge < -0.3 is 0 Å². The van der Waals surface area contributed by atoms with Crippen LogP contribution in [-0.4, -0.2) is 0 Å². The fourth-order valence-corrected chi connectivity index (χ4v) is 3.32. The summed E-state index contributed by atoms with van der Waals surface area (Å²) in [4.78, 5) is 0. The van der Waals surface area contributed by atoms with Crippen LogP contribution in [0.25, 0.3) is 0 Å². The summed E-state index contributed by atoms with van der Waals surface area (Å²) in [5.41, 5.74) is 0. The lowest BCUT2D eigenvalue weighted by atomic mass is 9.79. The molecule has 0 amide bonds. The Labute approximate surface area is 88.1 Å². The van der Waals surface area contributed by atoms with Crippen molar-refractivity contribution in [3.8, 4) is 0 Å². The molecule has 2 aliphatic carbocycles. The molecule has 1 fully saturated rings. The third-order valence-corrected chi connectivity index (χ3v) is 4.13. The summed E-state index contributed by atoms with van der Waals surface area (Å²) >= 11 is 0. The smallest absolute Gasteiger partial charge is 0.0196 e. The van der Waals surface area contributed by atoms with Crippen molar-refractivity contribution in [1.29, 1.82) is 0 Å². The van der Waals surface area contributed by atoms with Crippen molar-refractivity contribution >= 4 is 0 Å². The van der Waals surface area contributed by atoms with Gasteiger partial charge in [-0.05, 0) is 49.9 Å². The number of rotatable bonds is 4. The largest absolute Gasteiger partial charge is 0.0917 e. The summed E-state index contributed by atoms with van der Waals surface area (Å²) in [6, 6.07) is 0. The molecule has 0 heteroatoms. The lowest BCUT2D eigenvalue weighted by Gasteiger charge is -2.26. The van der Waals surface area contributed by atoms with Crippen LogP contribution in [0.5, 0.6) is 0 Å². The lowest BCUT2D eigenvalue weighted by molar-refractivity contribution is 0.281. The van der Waals surface area contributed by atoms with Crippen molar-refractivity contribution in [2.45, 2.75) is 39.5 Å². The quantitative estimate of drug-likeness (QED) is 0.583. The Morgan fingerprint density at radius 1 is 1.36 bits per heavy atom. The fraction of sp³-hybridized carbons (Fsp3) is 0.714. The molecule has 4 atom stereocenters. The van der Waals surface area contributed by atoms with E-state index in [-0.39, 0.29) is 0 Å². The van der Waals surface area contributed by atoms with Crippen molar-refractivity contribution in [3.05, 3.63) is 24.3 Å². The Balaban J connectivity index is 1.95. The molecule has 2 rings (SSSR count). The molecule has 0 aliphatic heterocycles. The van der Waals surface area contributed by atoms with Gasteiger partial charge in [0.25, 0.3) is 0 Å². The highest BCUT2D eigenvalue weighted by Crippen LogP contribution is 2.48. The van der Waals surface area contributed by atoms with Gasteiger partial charge in [-0.3, -0.25) is 0 Å². The third-order valence-electron chi connectivity index (χ3n) is 4.13. The molecule has 1 saturated carbocycles. The van der Waals surface area contributed by atoms with E-state index in [9.17, 15) is 0 Å². The zero-order valence-corrected chi connectivity index (χ0v) is 9.45. The maximum atomic E-state index is 2.48. The molecule has 0 aromatic carbocycles. The molecule has 0 nitrogen and oxygen atoms in total. The highest BCUT2D eigenvalue weighted by molar-refractivity contribution is 5.11. The fourth-order valence-electron chi connectivity index (χ4n) is 3.32. The van der Waals surface area contributed by atoms with Crippen LogP contribution in [0, 0.1) is 23.7 Å². The third kappa shape index (κ3) is 1.80. The first kappa shape index (κ1) is 10.0. The Morgan fingerprint density at radius 2 is 2.21 bits per heavy atom. The molecule has 0 heterocycles. The first-order chi connectivity index (χ1) is 6.85. The van der Waals surface area contributed by atoms with Crippen LogP contribution < -0.4 is 0 Å². The minimum Gasteiger partial charge on any atom is -0.0917 e. The van der Waals surface area contributed by atoms with E-state index < -0.39 is 0 Å². The lowest BCUT2D eigenvalue weighted by Crippen LogP contribution is -2.18. The maximum absolute atomic E-state index is 2.48. The van der Waals surface area contributed by atoms with E-state index in [4.69, 9.17) is 0 Å². The molecular weight excluding hydrogens is 168 g/mol. The van der Waals surface area contributed by atoms with Crippen LogP contribution in [0.2, 0.25) is 0 Å². The van der Waals surface area contributed by atoms with Crippen LogP contribution >= 0.6 is 0 Å². The number of fused-ring (bicyclic) bond motifs is 2. The van der Waals surface area contributed by atoms with E-state index in [0.717, 1.165) is 23.7 Å². The number of hydrogen-bond donors (Lipinski definition) is 0. The maximum Gasteiger partial charge on any atom is -0.0196 e. The van der Waals surface area contributed by atoms with Gasteiger partial charge in [-0.2, -0.15) is 0 Å². The van der Waals surface area contributed by atoms with Crippen molar-refractivity contribution in [3.63, 3.8) is 0 Å². The second kappa shape index (κ2) is 4.33. The minimum absolute atomic E-state index is 0.926. The average molecular weight is 190 g/mol. The SMILES string of the molecule is C/C=C\CC(CC)C1CC2C=CC1C2. The molecule has 2 aliphatic rings. The van der Waals surface area contributed by atoms with Gasteiger partial charge in [-0.25, -0.2) is 0 Å². The van der Waals surface area contributed by atoms with Crippen LogP contribution in [0.1, 0.15) is 39.5 Å². The molecular formula is C14H22. The molecule has 0 aromatic rings. The first-order valence-electron chi connectivity index (χ1n) is 6.14. The molecule has 78 valence electrons. The Hall–Kier alpha value is -0.520. The highest BCUT2D eigenvalue weighted by Gasteiger charge is 2.38. The second-order valence-corrected chi connectivity index (χ2v) is 4.92. The van der Waals surface area contributed by atoms with Crippen molar-refractivity contribution in [2.75, 3.05) is 0 Å². The molecule has 4 unspecified atom stereocenters. The molecule has 2 bridgehead atoms. The van der Waals surface area contributed by atoms with Crippen LogP contribution in [0.4, 0.5) is 0 Å². The number of hydrogen-bond acceptors (Lipinski definition) is 0. The van der Waals surface area contributed by atoms with E-state index in [1.54, 1.807) is 0 Å². The van der Waals surface area contributed by atoms with Gasteiger partial charge in [0.2, 0.25) is 0 Å². The summed E-state index contributed by atoms with van der Waals surface area (Å²) < 4.78 is 0. The molecule has 0 aromatic heterocycles. The van der Waals surface area contributed by atoms with Crippen molar-refractivity contribution < 1.29 is 0 Å². The Kier molecular flexibility index (Phi) is 3.10. The van der Waals surface area contributed by atoms with Crippen LogP contribution in [-0.2, 0) is 0 Å². The van der Waals surface area contributed by atoms with Crippen molar-refractivity contribution in [1.82, 2.24) is 0 Å².